The van der Waals surface area contributed by atoms with E-state index in [0.717, 1.165) is 7.11 Å². The first-order chi connectivity index (χ1) is 5.61. The number of esters is 2. The minimum Gasteiger partial charge on any atom is -0.461 e. The number of halogens is 1. The average Bonchev–Trinajstić information content (AvgIpc) is 2.11. The van der Waals surface area contributed by atoms with Crippen molar-refractivity contribution >= 4 is 11.9 Å². The van der Waals surface area contributed by atoms with E-state index < -0.39 is 18.6 Å². The van der Waals surface area contributed by atoms with Crippen molar-refractivity contribution in [3.05, 3.63) is 12.2 Å². The van der Waals surface area contributed by atoms with E-state index in [0.29, 0.717) is 0 Å². The molecule has 0 bridgehead atoms. The van der Waals surface area contributed by atoms with Crippen molar-refractivity contribution in [3.63, 3.8) is 0 Å². The highest BCUT2D eigenvalue weighted by Gasteiger charge is 2.15. The molecule has 0 unspecified atom stereocenters. The van der Waals surface area contributed by atoms with Gasteiger partial charge in [-0.3, -0.25) is 0 Å². The van der Waals surface area contributed by atoms with Gasteiger partial charge in [-0.15, -0.1) is 0 Å². The van der Waals surface area contributed by atoms with Crippen LogP contribution in [-0.4, -0.2) is 32.3 Å². The standard InChI is InChI=1S/C7H9FO4/c1-5(3-8)4-12-7(10)6(9)11-2/h1,3-4H2,2H3. The quantitative estimate of drug-likeness (QED) is 0.351. The summed E-state index contributed by atoms with van der Waals surface area (Å²) in [6.45, 7) is 2.14. The van der Waals surface area contributed by atoms with E-state index in [-0.39, 0.29) is 12.2 Å². The minimum atomic E-state index is -1.15. The fourth-order valence-corrected chi connectivity index (χ4v) is 0.348. The minimum absolute atomic E-state index is 0.0900. The number of ether oxygens (including phenoxy) is 2. The summed E-state index contributed by atoms with van der Waals surface area (Å²) < 4.78 is 20.0. The highest BCUT2D eigenvalue weighted by atomic mass is 19.1. The molecule has 5 heteroatoms. The molecule has 0 aromatic rings. The topological polar surface area (TPSA) is 52.6 Å². The molecule has 0 N–H and O–H groups in total. The molecule has 0 spiro atoms. The number of methoxy groups -OCH3 is 1. The van der Waals surface area contributed by atoms with Crippen molar-refractivity contribution < 1.29 is 23.5 Å². The van der Waals surface area contributed by atoms with Gasteiger partial charge in [0.1, 0.15) is 13.3 Å². The maximum Gasteiger partial charge on any atom is 0.417 e. The van der Waals surface area contributed by atoms with Crippen LogP contribution in [0.4, 0.5) is 4.39 Å². The van der Waals surface area contributed by atoms with E-state index in [1.54, 1.807) is 0 Å². The molecule has 0 saturated carbocycles. The molecule has 0 aliphatic heterocycles. The predicted molar refractivity (Wildman–Crippen MR) is 38.1 cm³/mol. The van der Waals surface area contributed by atoms with E-state index in [2.05, 4.69) is 16.1 Å². The van der Waals surface area contributed by atoms with Gasteiger partial charge >= 0.3 is 11.9 Å². The Kier molecular flexibility index (Phi) is 4.67. The van der Waals surface area contributed by atoms with Gasteiger partial charge in [-0.05, 0) is 5.57 Å². The molecule has 0 atom stereocenters. The van der Waals surface area contributed by atoms with Gasteiger partial charge in [-0.2, -0.15) is 0 Å². The zero-order chi connectivity index (χ0) is 9.56. The number of alkyl halides is 1. The van der Waals surface area contributed by atoms with Crippen molar-refractivity contribution in [2.24, 2.45) is 0 Å². The van der Waals surface area contributed by atoms with Crippen LogP contribution in [0, 0.1) is 0 Å². The summed E-state index contributed by atoms with van der Waals surface area (Å²) in [5, 5.41) is 0. The van der Waals surface area contributed by atoms with Crippen LogP contribution in [0.1, 0.15) is 0 Å². The van der Waals surface area contributed by atoms with Gasteiger partial charge in [0.2, 0.25) is 0 Å². The van der Waals surface area contributed by atoms with Crippen LogP contribution < -0.4 is 0 Å². The normalized spacial score (nSPS) is 8.83. The zero-order valence-corrected chi connectivity index (χ0v) is 6.63. The third-order valence-electron chi connectivity index (χ3n) is 0.948. The first kappa shape index (κ1) is 10.6. The van der Waals surface area contributed by atoms with E-state index >= 15 is 0 Å². The molecule has 4 nitrogen and oxygen atoms in total. The molecule has 0 aliphatic carbocycles. The van der Waals surface area contributed by atoms with Crippen LogP contribution in [0.25, 0.3) is 0 Å². The van der Waals surface area contributed by atoms with E-state index in [4.69, 9.17) is 0 Å². The Bertz CT molecular complexity index is 200. The second-order valence-corrected chi connectivity index (χ2v) is 1.95. The number of carbonyl (C=O) groups is 2. The monoisotopic (exact) mass is 176 g/mol. The Labute approximate surface area is 69.0 Å². The molecular weight excluding hydrogens is 167 g/mol. The SMILES string of the molecule is C=C(CF)COC(=O)C(=O)OC. The van der Waals surface area contributed by atoms with E-state index in [9.17, 15) is 14.0 Å². The number of hydrogen-bond donors (Lipinski definition) is 0. The van der Waals surface area contributed by atoms with Crippen LogP contribution in [0.3, 0.4) is 0 Å². The largest absolute Gasteiger partial charge is 0.461 e. The van der Waals surface area contributed by atoms with Crippen molar-refractivity contribution in [3.8, 4) is 0 Å². The van der Waals surface area contributed by atoms with Crippen LogP contribution in [0.15, 0.2) is 12.2 Å². The third kappa shape index (κ3) is 3.70. The molecule has 0 rings (SSSR count). The van der Waals surface area contributed by atoms with Gasteiger partial charge in [0.15, 0.2) is 0 Å². The fraction of sp³-hybridized carbons (Fsp3) is 0.429. The maximum absolute atomic E-state index is 11.7. The molecule has 0 saturated heterocycles. The smallest absolute Gasteiger partial charge is 0.417 e. The number of carbonyl (C=O) groups excluding carboxylic acids is 2. The molecule has 68 valence electrons. The summed E-state index contributed by atoms with van der Waals surface area (Å²) in [6.07, 6.45) is 0. The summed E-state index contributed by atoms with van der Waals surface area (Å²) >= 11 is 0. The van der Waals surface area contributed by atoms with E-state index in [1.165, 1.54) is 0 Å². The van der Waals surface area contributed by atoms with Gasteiger partial charge in [0.25, 0.3) is 0 Å². The molecule has 0 radical (unpaired) electrons. The number of hydrogen-bond acceptors (Lipinski definition) is 4. The molecular formula is C7H9FO4. The molecule has 0 aromatic carbocycles. The Balaban J connectivity index is 3.72. The lowest BCUT2D eigenvalue weighted by molar-refractivity contribution is -0.165. The lowest BCUT2D eigenvalue weighted by Gasteiger charge is -2.01. The van der Waals surface area contributed by atoms with Gasteiger partial charge < -0.3 is 9.47 Å². The molecule has 0 amide bonds. The number of rotatable bonds is 3. The van der Waals surface area contributed by atoms with Crippen LogP contribution >= 0.6 is 0 Å². The first-order valence-electron chi connectivity index (χ1n) is 3.09. The molecule has 0 aromatic heterocycles. The molecule has 12 heavy (non-hydrogen) atoms. The second-order valence-electron chi connectivity index (χ2n) is 1.95. The molecule has 0 heterocycles. The Morgan fingerprint density at radius 3 is 2.42 bits per heavy atom. The Morgan fingerprint density at radius 1 is 1.42 bits per heavy atom. The van der Waals surface area contributed by atoms with Crippen molar-refractivity contribution in [2.75, 3.05) is 20.4 Å². The third-order valence-corrected chi connectivity index (χ3v) is 0.948. The zero-order valence-electron chi connectivity index (χ0n) is 6.63. The first-order valence-corrected chi connectivity index (χ1v) is 3.09. The summed E-state index contributed by atoms with van der Waals surface area (Å²) in [5.74, 6) is -2.26. The van der Waals surface area contributed by atoms with Crippen molar-refractivity contribution in [1.29, 1.82) is 0 Å². The second kappa shape index (κ2) is 5.29. The van der Waals surface area contributed by atoms with Crippen LogP contribution in [0.2, 0.25) is 0 Å². The highest BCUT2D eigenvalue weighted by molar-refractivity contribution is 6.29. The van der Waals surface area contributed by atoms with Gasteiger partial charge in [-0.25, -0.2) is 14.0 Å². The van der Waals surface area contributed by atoms with Crippen molar-refractivity contribution in [2.45, 2.75) is 0 Å². The molecule has 0 fully saturated rings. The van der Waals surface area contributed by atoms with Gasteiger partial charge in [-0.1, -0.05) is 6.58 Å². The van der Waals surface area contributed by atoms with Crippen LogP contribution in [-0.2, 0) is 19.1 Å². The summed E-state index contributed by atoms with van der Waals surface area (Å²) in [7, 11) is 1.05. The van der Waals surface area contributed by atoms with Crippen LogP contribution in [0.5, 0.6) is 0 Å². The lowest BCUT2D eigenvalue weighted by atomic mass is 10.4. The molecule has 0 aliphatic rings. The maximum atomic E-state index is 11.7. The summed E-state index contributed by atoms with van der Waals surface area (Å²) in [6, 6.07) is 0. The fourth-order valence-electron chi connectivity index (χ4n) is 0.348. The summed E-state index contributed by atoms with van der Waals surface area (Å²) in [4.78, 5) is 20.9. The van der Waals surface area contributed by atoms with Crippen molar-refractivity contribution in [1.82, 2.24) is 0 Å². The van der Waals surface area contributed by atoms with E-state index in [1.807, 2.05) is 0 Å². The predicted octanol–water partition coefficient (Wildman–Crippen LogP) is 0.228. The highest BCUT2D eigenvalue weighted by Crippen LogP contribution is 1.93. The Hall–Kier alpha value is -1.39. The summed E-state index contributed by atoms with van der Waals surface area (Å²) in [5.41, 5.74) is 0.0900. The Morgan fingerprint density at radius 2 is 2.00 bits per heavy atom. The average molecular weight is 176 g/mol. The lowest BCUT2D eigenvalue weighted by Crippen LogP contribution is -2.19. The van der Waals surface area contributed by atoms with Gasteiger partial charge in [0.05, 0.1) is 7.11 Å². The van der Waals surface area contributed by atoms with Gasteiger partial charge in [0, 0.05) is 0 Å².